The van der Waals surface area contributed by atoms with Crippen LogP contribution in [0.25, 0.3) is 0 Å². The van der Waals surface area contributed by atoms with Crippen LogP contribution in [0.15, 0.2) is 52.0 Å². The summed E-state index contributed by atoms with van der Waals surface area (Å²) in [6.45, 7) is 4.50. The molecule has 2 heterocycles. The molecule has 1 aliphatic heterocycles. The maximum absolute atomic E-state index is 12.4. The molecule has 0 radical (unpaired) electrons. The van der Waals surface area contributed by atoms with Gasteiger partial charge in [0.1, 0.15) is 0 Å². The highest BCUT2D eigenvalue weighted by molar-refractivity contribution is 8.15. The third-order valence-corrected chi connectivity index (χ3v) is 5.46. The monoisotopic (exact) mass is 343 g/mol. The van der Waals surface area contributed by atoms with Crippen LogP contribution < -0.4 is 0 Å². The van der Waals surface area contributed by atoms with Crippen LogP contribution in [0, 0.1) is 6.92 Å². The summed E-state index contributed by atoms with van der Waals surface area (Å²) >= 11 is 3.07. The van der Waals surface area contributed by atoms with Crippen molar-refractivity contribution in [3.8, 4) is 0 Å². The smallest absolute Gasteiger partial charge is 0.242 e. The number of thiophene rings is 1. The van der Waals surface area contributed by atoms with Crippen molar-refractivity contribution in [2.75, 3.05) is 0 Å². The molecule has 6 heteroatoms. The number of hydrogen-bond donors (Lipinski definition) is 0. The Labute approximate surface area is 143 Å². The molecule has 1 fully saturated rings. The standard InChI is InChI=1S/C17H17N3OS2/c1-12-6-3-4-7-14(12)11-20-16(21)13(2)23-17(20)19-18-10-15-8-5-9-22-15/h3-10,13H,11H2,1-2H3/b18-10-,19-17+/t13-/m1/s1. The van der Waals surface area contributed by atoms with E-state index in [1.165, 1.54) is 17.3 Å². The molecule has 0 N–H and O–H groups in total. The number of benzene rings is 1. The Balaban J connectivity index is 1.80. The Morgan fingerprint density at radius 1 is 1.26 bits per heavy atom. The van der Waals surface area contributed by atoms with E-state index in [0.29, 0.717) is 11.7 Å². The van der Waals surface area contributed by atoms with Crippen molar-refractivity contribution < 1.29 is 4.79 Å². The van der Waals surface area contributed by atoms with Gasteiger partial charge in [-0.05, 0) is 36.4 Å². The van der Waals surface area contributed by atoms with Crippen molar-refractivity contribution in [3.63, 3.8) is 0 Å². The van der Waals surface area contributed by atoms with E-state index < -0.39 is 0 Å². The topological polar surface area (TPSA) is 45.0 Å². The summed E-state index contributed by atoms with van der Waals surface area (Å²) < 4.78 is 0. The summed E-state index contributed by atoms with van der Waals surface area (Å²) in [5.41, 5.74) is 2.30. The largest absolute Gasteiger partial charge is 0.284 e. The Morgan fingerprint density at radius 3 is 2.83 bits per heavy atom. The van der Waals surface area contributed by atoms with Gasteiger partial charge >= 0.3 is 0 Å². The first-order chi connectivity index (χ1) is 11.1. The molecule has 0 saturated carbocycles. The fourth-order valence-corrected chi connectivity index (χ4v) is 3.77. The zero-order valence-corrected chi connectivity index (χ0v) is 14.6. The zero-order chi connectivity index (χ0) is 16.2. The van der Waals surface area contributed by atoms with Crippen molar-refractivity contribution in [3.05, 3.63) is 57.8 Å². The second-order valence-electron chi connectivity index (χ2n) is 5.25. The van der Waals surface area contributed by atoms with Gasteiger partial charge in [0.05, 0.1) is 18.0 Å². The molecule has 2 aromatic rings. The summed E-state index contributed by atoms with van der Waals surface area (Å²) in [6.07, 6.45) is 1.72. The summed E-state index contributed by atoms with van der Waals surface area (Å²) in [4.78, 5) is 15.2. The Kier molecular flexibility index (Phi) is 4.93. The lowest BCUT2D eigenvalue weighted by Crippen LogP contribution is -2.31. The fraction of sp³-hybridized carbons (Fsp3) is 0.235. The number of nitrogens with zero attached hydrogens (tertiary/aromatic N) is 3. The minimum Gasteiger partial charge on any atom is -0.284 e. The molecule has 1 aromatic heterocycles. The minimum atomic E-state index is -0.116. The van der Waals surface area contributed by atoms with Gasteiger partial charge in [0.15, 0.2) is 5.17 Å². The number of hydrogen-bond acceptors (Lipinski definition) is 5. The van der Waals surface area contributed by atoms with Crippen molar-refractivity contribution in [1.29, 1.82) is 0 Å². The molecule has 1 aromatic carbocycles. The maximum Gasteiger partial charge on any atom is 0.242 e. The lowest BCUT2D eigenvalue weighted by molar-refractivity contribution is -0.126. The summed E-state index contributed by atoms with van der Waals surface area (Å²) in [7, 11) is 0. The summed E-state index contributed by atoms with van der Waals surface area (Å²) in [6, 6.07) is 12.0. The number of carbonyl (C=O) groups is 1. The molecule has 4 nitrogen and oxygen atoms in total. The molecule has 1 saturated heterocycles. The number of carbonyl (C=O) groups excluding carboxylic acids is 1. The van der Waals surface area contributed by atoms with E-state index in [1.807, 2.05) is 42.6 Å². The second kappa shape index (κ2) is 7.10. The third-order valence-electron chi connectivity index (χ3n) is 3.59. The lowest BCUT2D eigenvalue weighted by Gasteiger charge is -2.16. The average molecular weight is 343 g/mol. The molecule has 118 valence electrons. The van der Waals surface area contributed by atoms with Gasteiger partial charge in [-0.2, -0.15) is 5.10 Å². The van der Waals surface area contributed by atoms with Gasteiger partial charge in [-0.3, -0.25) is 9.69 Å². The average Bonchev–Trinajstić information content (AvgIpc) is 3.14. The van der Waals surface area contributed by atoms with E-state index in [1.54, 1.807) is 22.5 Å². The lowest BCUT2D eigenvalue weighted by atomic mass is 10.1. The zero-order valence-electron chi connectivity index (χ0n) is 13.0. The van der Waals surface area contributed by atoms with Crippen LogP contribution >= 0.6 is 23.1 Å². The molecule has 3 rings (SSSR count). The quantitative estimate of drug-likeness (QED) is 0.624. The van der Waals surface area contributed by atoms with Crippen molar-refractivity contribution in [2.24, 2.45) is 10.2 Å². The first kappa shape index (κ1) is 16.0. The molecular weight excluding hydrogens is 326 g/mol. The fourth-order valence-electron chi connectivity index (χ4n) is 2.27. The summed E-state index contributed by atoms with van der Waals surface area (Å²) in [5.74, 6) is 0.0864. The number of thioether (sulfide) groups is 1. The molecular formula is C17H17N3OS2. The molecule has 0 bridgehead atoms. The highest BCUT2D eigenvalue weighted by Gasteiger charge is 2.35. The minimum absolute atomic E-state index is 0.0864. The van der Waals surface area contributed by atoms with Crippen LogP contribution in [0.2, 0.25) is 0 Å². The van der Waals surface area contributed by atoms with Gasteiger partial charge in [-0.25, -0.2) is 0 Å². The highest BCUT2D eigenvalue weighted by Crippen LogP contribution is 2.29. The van der Waals surface area contributed by atoms with Crippen LogP contribution in [0.5, 0.6) is 0 Å². The summed E-state index contributed by atoms with van der Waals surface area (Å²) in [5, 5.41) is 10.9. The van der Waals surface area contributed by atoms with Gasteiger partial charge < -0.3 is 0 Å². The van der Waals surface area contributed by atoms with Crippen LogP contribution in [0.3, 0.4) is 0 Å². The predicted octanol–water partition coefficient (Wildman–Crippen LogP) is 3.91. The van der Waals surface area contributed by atoms with Crippen LogP contribution in [0.1, 0.15) is 22.9 Å². The van der Waals surface area contributed by atoms with E-state index in [0.717, 1.165) is 10.4 Å². The van der Waals surface area contributed by atoms with E-state index >= 15 is 0 Å². The molecule has 0 unspecified atom stereocenters. The molecule has 23 heavy (non-hydrogen) atoms. The maximum atomic E-state index is 12.4. The number of amidine groups is 1. The van der Waals surface area contributed by atoms with Crippen molar-refractivity contribution >= 4 is 40.4 Å². The van der Waals surface area contributed by atoms with Gasteiger partial charge in [-0.1, -0.05) is 42.1 Å². The Hall–Kier alpha value is -1.92. The number of aryl methyl sites for hydroxylation is 1. The van der Waals surface area contributed by atoms with Gasteiger partial charge in [0, 0.05) is 4.88 Å². The molecule has 1 atom stereocenters. The van der Waals surface area contributed by atoms with Crippen molar-refractivity contribution in [2.45, 2.75) is 25.6 Å². The van der Waals surface area contributed by atoms with Crippen LogP contribution in [-0.2, 0) is 11.3 Å². The number of amides is 1. The Bertz CT molecular complexity index is 753. The van der Waals surface area contributed by atoms with E-state index in [4.69, 9.17) is 0 Å². The van der Waals surface area contributed by atoms with E-state index in [2.05, 4.69) is 23.2 Å². The molecule has 0 aliphatic carbocycles. The number of rotatable bonds is 4. The van der Waals surface area contributed by atoms with Crippen LogP contribution in [0.4, 0.5) is 0 Å². The van der Waals surface area contributed by atoms with Crippen molar-refractivity contribution in [1.82, 2.24) is 4.90 Å². The van der Waals surface area contributed by atoms with E-state index in [9.17, 15) is 4.79 Å². The van der Waals surface area contributed by atoms with Gasteiger partial charge in [0.2, 0.25) is 5.91 Å². The Morgan fingerprint density at radius 2 is 2.09 bits per heavy atom. The molecule has 1 amide bonds. The predicted molar refractivity (Wildman–Crippen MR) is 98.1 cm³/mol. The van der Waals surface area contributed by atoms with E-state index in [-0.39, 0.29) is 11.2 Å². The first-order valence-electron chi connectivity index (χ1n) is 7.32. The van der Waals surface area contributed by atoms with Gasteiger partial charge in [0.25, 0.3) is 0 Å². The first-order valence-corrected chi connectivity index (χ1v) is 9.08. The SMILES string of the molecule is Cc1ccccc1CN1C(=O)[C@@H](C)S/C1=N/N=C\c1cccs1. The van der Waals surface area contributed by atoms with Crippen LogP contribution in [-0.4, -0.2) is 27.4 Å². The second-order valence-corrected chi connectivity index (χ2v) is 7.54. The molecule has 0 spiro atoms. The molecule has 1 aliphatic rings. The highest BCUT2D eigenvalue weighted by atomic mass is 32.2. The van der Waals surface area contributed by atoms with Gasteiger partial charge in [-0.15, -0.1) is 16.4 Å². The third kappa shape index (κ3) is 3.71. The normalized spacial score (nSPS) is 20.1.